The highest BCUT2D eigenvalue weighted by atomic mass is 79.9. The third-order valence-corrected chi connectivity index (χ3v) is 4.18. The number of fused-ring (bicyclic) bond motifs is 1. The number of carbonyl (C=O) groups excluding carboxylic acids is 1. The Bertz CT molecular complexity index is 688. The summed E-state index contributed by atoms with van der Waals surface area (Å²) in [5.74, 6) is 0. The molecule has 3 rings (SSSR count). The van der Waals surface area contributed by atoms with Gasteiger partial charge in [-0.05, 0) is 28.9 Å². The summed E-state index contributed by atoms with van der Waals surface area (Å²) in [5.41, 5.74) is 8.17. The van der Waals surface area contributed by atoms with Crippen LogP contribution in [0.5, 0.6) is 0 Å². The second kappa shape index (κ2) is 4.94. The van der Waals surface area contributed by atoms with Gasteiger partial charge in [0.1, 0.15) is 0 Å². The van der Waals surface area contributed by atoms with Crippen LogP contribution in [-0.4, -0.2) is 35.5 Å². The molecule has 1 saturated heterocycles. The van der Waals surface area contributed by atoms with Crippen LogP contribution in [0.4, 0.5) is 16.2 Å². The van der Waals surface area contributed by atoms with Gasteiger partial charge in [0.15, 0.2) is 0 Å². The Balaban J connectivity index is 2.19. The van der Waals surface area contributed by atoms with E-state index in [-0.39, 0.29) is 6.03 Å². The molecule has 1 fully saturated rings. The Morgan fingerprint density at radius 1 is 1.40 bits per heavy atom. The van der Waals surface area contributed by atoms with Crippen LogP contribution in [0.15, 0.2) is 28.9 Å². The van der Waals surface area contributed by atoms with Crippen molar-refractivity contribution in [2.24, 2.45) is 0 Å². The van der Waals surface area contributed by atoms with Crippen molar-refractivity contribution in [1.82, 2.24) is 9.88 Å². The second-order valence-electron chi connectivity index (χ2n) is 4.71. The topological polar surface area (TPSA) is 62.5 Å². The monoisotopic (exact) mass is 334 g/mol. The normalized spacial score (nSPS) is 15.4. The Morgan fingerprint density at radius 3 is 2.90 bits per heavy atom. The summed E-state index contributed by atoms with van der Waals surface area (Å²) in [6.45, 7) is 4.13. The SMILES string of the molecule is CCN1CCN(c2c(Br)cnc3c(N)cccc23)C1=O. The highest BCUT2D eigenvalue weighted by Crippen LogP contribution is 2.36. The number of pyridine rings is 1. The van der Waals surface area contributed by atoms with Gasteiger partial charge in [-0.25, -0.2) is 4.79 Å². The largest absolute Gasteiger partial charge is 0.397 e. The van der Waals surface area contributed by atoms with Crippen LogP contribution in [0.3, 0.4) is 0 Å². The van der Waals surface area contributed by atoms with Crippen LogP contribution in [-0.2, 0) is 0 Å². The first-order chi connectivity index (χ1) is 9.63. The number of likely N-dealkylation sites (N-methyl/N-ethyl adjacent to an activating group) is 1. The number of nitrogens with two attached hydrogens (primary N) is 1. The molecule has 2 heterocycles. The molecule has 2 aromatic rings. The molecule has 1 aromatic carbocycles. The van der Waals surface area contributed by atoms with Crippen LogP contribution in [0.1, 0.15) is 6.92 Å². The number of rotatable bonds is 2. The van der Waals surface area contributed by atoms with E-state index in [0.29, 0.717) is 12.2 Å². The summed E-state index contributed by atoms with van der Waals surface area (Å²) < 4.78 is 0.807. The fourth-order valence-electron chi connectivity index (χ4n) is 2.57. The third-order valence-electron chi connectivity index (χ3n) is 3.60. The van der Waals surface area contributed by atoms with E-state index in [9.17, 15) is 4.79 Å². The summed E-state index contributed by atoms with van der Waals surface area (Å²) in [5, 5.41) is 0.894. The van der Waals surface area contributed by atoms with Crippen molar-refractivity contribution in [1.29, 1.82) is 0 Å². The predicted molar refractivity (Wildman–Crippen MR) is 83.8 cm³/mol. The maximum atomic E-state index is 12.4. The highest BCUT2D eigenvalue weighted by Gasteiger charge is 2.30. The van der Waals surface area contributed by atoms with Gasteiger partial charge >= 0.3 is 6.03 Å². The lowest BCUT2D eigenvalue weighted by molar-refractivity contribution is 0.223. The van der Waals surface area contributed by atoms with Crippen molar-refractivity contribution in [2.45, 2.75) is 6.92 Å². The Kier molecular flexibility index (Phi) is 3.25. The second-order valence-corrected chi connectivity index (χ2v) is 5.57. The molecule has 1 aromatic heterocycles. The molecule has 0 spiro atoms. The number of benzene rings is 1. The van der Waals surface area contributed by atoms with Crippen LogP contribution in [0.25, 0.3) is 10.9 Å². The molecule has 5 nitrogen and oxygen atoms in total. The highest BCUT2D eigenvalue weighted by molar-refractivity contribution is 9.10. The average molecular weight is 335 g/mol. The van der Waals surface area contributed by atoms with E-state index in [4.69, 9.17) is 5.73 Å². The first-order valence-electron chi connectivity index (χ1n) is 6.52. The minimum atomic E-state index is 0.0307. The fourth-order valence-corrected chi connectivity index (χ4v) is 3.10. The number of para-hydroxylation sites is 1. The van der Waals surface area contributed by atoms with Gasteiger partial charge in [0.2, 0.25) is 0 Å². The summed E-state index contributed by atoms with van der Waals surface area (Å²) in [6.07, 6.45) is 1.70. The van der Waals surface area contributed by atoms with Crippen molar-refractivity contribution in [3.8, 4) is 0 Å². The minimum absolute atomic E-state index is 0.0307. The average Bonchev–Trinajstić information content (AvgIpc) is 2.80. The number of anilines is 2. The number of aromatic nitrogens is 1. The third kappa shape index (κ3) is 1.91. The lowest BCUT2D eigenvalue weighted by Crippen LogP contribution is -2.31. The summed E-state index contributed by atoms with van der Waals surface area (Å²) in [6, 6.07) is 5.67. The lowest BCUT2D eigenvalue weighted by atomic mass is 10.1. The number of urea groups is 1. The van der Waals surface area contributed by atoms with Gasteiger partial charge in [-0.3, -0.25) is 9.88 Å². The van der Waals surface area contributed by atoms with Gasteiger partial charge in [-0.1, -0.05) is 12.1 Å². The summed E-state index contributed by atoms with van der Waals surface area (Å²) >= 11 is 3.51. The first kappa shape index (κ1) is 13.2. The van der Waals surface area contributed by atoms with Gasteiger partial charge in [-0.2, -0.15) is 0 Å². The molecular weight excluding hydrogens is 320 g/mol. The molecule has 2 N–H and O–H groups in total. The van der Waals surface area contributed by atoms with Gasteiger partial charge < -0.3 is 10.6 Å². The first-order valence-corrected chi connectivity index (χ1v) is 7.32. The van der Waals surface area contributed by atoms with Crippen molar-refractivity contribution in [3.63, 3.8) is 0 Å². The molecule has 0 radical (unpaired) electrons. The minimum Gasteiger partial charge on any atom is -0.397 e. The molecule has 104 valence electrons. The van der Waals surface area contributed by atoms with Crippen molar-refractivity contribution < 1.29 is 4.79 Å². The van der Waals surface area contributed by atoms with Gasteiger partial charge in [0.05, 0.1) is 21.4 Å². The quantitative estimate of drug-likeness (QED) is 0.859. The van der Waals surface area contributed by atoms with E-state index in [2.05, 4.69) is 20.9 Å². The number of hydrogen-bond acceptors (Lipinski definition) is 3. The number of nitrogen functional groups attached to an aromatic ring is 1. The number of carbonyl (C=O) groups is 1. The van der Waals surface area contributed by atoms with Crippen LogP contribution in [0.2, 0.25) is 0 Å². The Hall–Kier alpha value is -1.82. The van der Waals surface area contributed by atoms with Crippen molar-refractivity contribution in [2.75, 3.05) is 30.3 Å². The number of nitrogens with zero attached hydrogens (tertiary/aromatic N) is 3. The molecule has 1 aliphatic rings. The van der Waals surface area contributed by atoms with Crippen molar-refractivity contribution in [3.05, 3.63) is 28.9 Å². The molecule has 6 heteroatoms. The maximum absolute atomic E-state index is 12.4. The molecule has 0 bridgehead atoms. The molecule has 0 saturated carbocycles. The number of hydrogen-bond donors (Lipinski definition) is 1. The molecule has 2 amide bonds. The van der Waals surface area contributed by atoms with Crippen LogP contribution in [0, 0.1) is 0 Å². The zero-order chi connectivity index (χ0) is 14.3. The molecule has 0 unspecified atom stereocenters. The fraction of sp³-hybridized carbons (Fsp3) is 0.286. The Morgan fingerprint density at radius 2 is 2.20 bits per heavy atom. The number of halogens is 1. The maximum Gasteiger partial charge on any atom is 0.324 e. The van der Waals surface area contributed by atoms with Gasteiger partial charge in [0, 0.05) is 31.2 Å². The molecular formula is C14H15BrN4O. The molecule has 0 aliphatic carbocycles. The van der Waals surface area contributed by atoms with E-state index in [1.165, 1.54) is 0 Å². The van der Waals surface area contributed by atoms with E-state index >= 15 is 0 Å². The van der Waals surface area contributed by atoms with E-state index in [0.717, 1.165) is 34.2 Å². The lowest BCUT2D eigenvalue weighted by Gasteiger charge is -2.20. The van der Waals surface area contributed by atoms with E-state index in [1.54, 1.807) is 11.1 Å². The van der Waals surface area contributed by atoms with E-state index in [1.807, 2.05) is 30.0 Å². The van der Waals surface area contributed by atoms with Gasteiger partial charge in [0.25, 0.3) is 0 Å². The Labute approximate surface area is 125 Å². The molecule has 20 heavy (non-hydrogen) atoms. The molecule has 1 aliphatic heterocycles. The van der Waals surface area contributed by atoms with Crippen LogP contribution >= 0.6 is 15.9 Å². The zero-order valence-corrected chi connectivity index (χ0v) is 12.7. The van der Waals surface area contributed by atoms with Gasteiger partial charge in [-0.15, -0.1) is 0 Å². The van der Waals surface area contributed by atoms with Crippen LogP contribution < -0.4 is 10.6 Å². The number of amides is 2. The van der Waals surface area contributed by atoms with Crippen molar-refractivity contribution >= 4 is 44.2 Å². The summed E-state index contributed by atoms with van der Waals surface area (Å²) in [4.78, 5) is 20.4. The molecule has 0 atom stereocenters. The predicted octanol–water partition coefficient (Wildman–Crippen LogP) is 2.84. The standard InChI is InChI=1S/C14H15BrN4O/c1-2-18-6-7-19(14(18)20)13-9-4-3-5-11(16)12(9)17-8-10(13)15/h3-5,8H,2,6-7,16H2,1H3. The van der Waals surface area contributed by atoms with E-state index < -0.39 is 0 Å². The summed E-state index contributed by atoms with van der Waals surface area (Å²) in [7, 11) is 0. The smallest absolute Gasteiger partial charge is 0.324 e. The zero-order valence-electron chi connectivity index (χ0n) is 11.1.